The summed E-state index contributed by atoms with van der Waals surface area (Å²) in [4.78, 5) is 11.4. The number of aryl methyl sites for hydroxylation is 1. The first-order chi connectivity index (χ1) is 6.67. The number of carbonyl (C=O) groups is 1. The van der Waals surface area contributed by atoms with E-state index in [0.717, 1.165) is 12.2 Å². The first kappa shape index (κ1) is 10.7. The maximum absolute atomic E-state index is 11.4. The normalized spacial score (nSPS) is 12.5. The van der Waals surface area contributed by atoms with Crippen LogP contribution in [0.5, 0.6) is 0 Å². The van der Waals surface area contributed by atoms with Gasteiger partial charge in [-0.25, -0.2) is 0 Å². The SMILES string of the molecule is CCn1cc(NC(=O)C(C)NC)cn1. The number of carbonyl (C=O) groups excluding carboxylic acids is 1. The van der Waals surface area contributed by atoms with E-state index >= 15 is 0 Å². The van der Waals surface area contributed by atoms with Gasteiger partial charge in [0.05, 0.1) is 17.9 Å². The summed E-state index contributed by atoms with van der Waals surface area (Å²) in [7, 11) is 1.75. The van der Waals surface area contributed by atoms with E-state index in [4.69, 9.17) is 0 Å². The number of hydrogen-bond donors (Lipinski definition) is 2. The molecule has 14 heavy (non-hydrogen) atoms. The zero-order valence-corrected chi connectivity index (χ0v) is 8.74. The van der Waals surface area contributed by atoms with Crippen molar-refractivity contribution in [3.63, 3.8) is 0 Å². The quantitative estimate of drug-likeness (QED) is 0.735. The fourth-order valence-corrected chi connectivity index (χ4v) is 0.983. The molecule has 1 rings (SSSR count). The Hall–Kier alpha value is -1.36. The van der Waals surface area contributed by atoms with E-state index in [1.165, 1.54) is 0 Å². The molecule has 2 N–H and O–H groups in total. The fraction of sp³-hybridized carbons (Fsp3) is 0.556. The standard InChI is InChI=1S/C9H16N4O/c1-4-13-6-8(5-11-13)12-9(14)7(2)10-3/h5-7,10H,4H2,1-3H3,(H,12,14). The molecule has 5 heteroatoms. The van der Waals surface area contributed by atoms with Gasteiger partial charge >= 0.3 is 0 Å². The van der Waals surface area contributed by atoms with Gasteiger partial charge in [-0.3, -0.25) is 9.48 Å². The summed E-state index contributed by atoms with van der Waals surface area (Å²) in [6, 6.07) is -0.194. The van der Waals surface area contributed by atoms with Crippen LogP contribution in [0.1, 0.15) is 13.8 Å². The monoisotopic (exact) mass is 196 g/mol. The van der Waals surface area contributed by atoms with Gasteiger partial charge in [0, 0.05) is 12.7 Å². The molecule has 1 aromatic rings. The molecular formula is C9H16N4O. The van der Waals surface area contributed by atoms with Crippen molar-refractivity contribution in [3.8, 4) is 0 Å². The Morgan fingerprint density at radius 1 is 1.71 bits per heavy atom. The highest BCUT2D eigenvalue weighted by Crippen LogP contribution is 2.04. The van der Waals surface area contributed by atoms with Crippen molar-refractivity contribution < 1.29 is 4.79 Å². The third-order valence-electron chi connectivity index (χ3n) is 2.05. The summed E-state index contributed by atoms with van der Waals surface area (Å²) in [5, 5.41) is 9.68. The Balaban J connectivity index is 2.56. The van der Waals surface area contributed by atoms with Gasteiger partial charge in [-0.15, -0.1) is 0 Å². The van der Waals surface area contributed by atoms with Crippen LogP contribution >= 0.6 is 0 Å². The molecule has 1 aromatic heterocycles. The third kappa shape index (κ3) is 2.56. The molecule has 0 saturated carbocycles. The number of likely N-dealkylation sites (N-methyl/N-ethyl adjacent to an activating group) is 1. The molecule has 78 valence electrons. The maximum Gasteiger partial charge on any atom is 0.241 e. The summed E-state index contributed by atoms with van der Waals surface area (Å²) < 4.78 is 1.76. The molecule has 1 atom stereocenters. The predicted octanol–water partition coefficient (Wildman–Crippen LogP) is 0.449. The highest BCUT2D eigenvalue weighted by molar-refractivity contribution is 5.94. The molecule has 1 amide bonds. The zero-order chi connectivity index (χ0) is 10.6. The van der Waals surface area contributed by atoms with Crippen molar-refractivity contribution >= 4 is 11.6 Å². The van der Waals surface area contributed by atoms with Crippen LogP contribution in [0.2, 0.25) is 0 Å². The lowest BCUT2D eigenvalue weighted by atomic mass is 10.3. The van der Waals surface area contributed by atoms with Crippen molar-refractivity contribution in [2.45, 2.75) is 26.4 Å². The molecule has 1 unspecified atom stereocenters. The van der Waals surface area contributed by atoms with E-state index in [2.05, 4.69) is 15.7 Å². The lowest BCUT2D eigenvalue weighted by Gasteiger charge is -2.08. The fourth-order valence-electron chi connectivity index (χ4n) is 0.983. The molecule has 0 fully saturated rings. The van der Waals surface area contributed by atoms with E-state index in [0.29, 0.717) is 0 Å². The predicted molar refractivity (Wildman–Crippen MR) is 55.1 cm³/mol. The van der Waals surface area contributed by atoms with Crippen LogP contribution in [0.3, 0.4) is 0 Å². The van der Waals surface area contributed by atoms with Crippen LogP contribution in [0.4, 0.5) is 5.69 Å². The van der Waals surface area contributed by atoms with E-state index in [1.54, 1.807) is 31.0 Å². The second-order valence-corrected chi connectivity index (χ2v) is 3.08. The first-order valence-electron chi connectivity index (χ1n) is 4.68. The minimum atomic E-state index is -0.194. The number of nitrogens with zero attached hydrogens (tertiary/aromatic N) is 2. The Morgan fingerprint density at radius 3 is 2.93 bits per heavy atom. The number of aromatic nitrogens is 2. The van der Waals surface area contributed by atoms with E-state index < -0.39 is 0 Å². The van der Waals surface area contributed by atoms with Crippen LogP contribution in [-0.4, -0.2) is 28.8 Å². The summed E-state index contributed by atoms with van der Waals surface area (Å²) in [5.74, 6) is -0.0526. The smallest absolute Gasteiger partial charge is 0.241 e. The third-order valence-corrected chi connectivity index (χ3v) is 2.05. The van der Waals surface area contributed by atoms with Crippen LogP contribution < -0.4 is 10.6 Å². The minimum Gasteiger partial charge on any atom is -0.322 e. The Bertz CT molecular complexity index is 308. The molecule has 0 bridgehead atoms. The van der Waals surface area contributed by atoms with E-state index in [-0.39, 0.29) is 11.9 Å². The van der Waals surface area contributed by atoms with Gasteiger partial charge in [-0.05, 0) is 20.9 Å². The van der Waals surface area contributed by atoms with Crippen LogP contribution in [0.25, 0.3) is 0 Å². The van der Waals surface area contributed by atoms with Gasteiger partial charge in [0.25, 0.3) is 0 Å². The van der Waals surface area contributed by atoms with Gasteiger partial charge in [0.2, 0.25) is 5.91 Å². The summed E-state index contributed by atoms with van der Waals surface area (Å²) in [6.45, 7) is 4.60. The molecular weight excluding hydrogens is 180 g/mol. The highest BCUT2D eigenvalue weighted by atomic mass is 16.2. The van der Waals surface area contributed by atoms with Gasteiger partial charge < -0.3 is 10.6 Å². The highest BCUT2D eigenvalue weighted by Gasteiger charge is 2.10. The van der Waals surface area contributed by atoms with Gasteiger partial charge in [-0.1, -0.05) is 0 Å². The average Bonchev–Trinajstić information content (AvgIpc) is 2.64. The molecule has 0 radical (unpaired) electrons. The lowest BCUT2D eigenvalue weighted by Crippen LogP contribution is -2.35. The maximum atomic E-state index is 11.4. The second kappa shape index (κ2) is 4.76. The van der Waals surface area contributed by atoms with E-state index in [1.807, 2.05) is 6.92 Å². The van der Waals surface area contributed by atoms with Gasteiger partial charge in [-0.2, -0.15) is 5.10 Å². The van der Waals surface area contributed by atoms with Crippen LogP contribution in [0.15, 0.2) is 12.4 Å². The summed E-state index contributed by atoms with van der Waals surface area (Å²) in [6.07, 6.45) is 3.45. The topological polar surface area (TPSA) is 59.0 Å². The summed E-state index contributed by atoms with van der Waals surface area (Å²) >= 11 is 0. The molecule has 0 aliphatic carbocycles. The largest absolute Gasteiger partial charge is 0.322 e. The number of amides is 1. The molecule has 1 heterocycles. The van der Waals surface area contributed by atoms with Gasteiger partial charge in [0.15, 0.2) is 0 Å². The minimum absolute atomic E-state index is 0.0526. The molecule has 0 aliphatic heterocycles. The average molecular weight is 196 g/mol. The number of hydrogen-bond acceptors (Lipinski definition) is 3. The molecule has 5 nitrogen and oxygen atoms in total. The lowest BCUT2D eigenvalue weighted by molar-refractivity contribution is -0.117. The number of rotatable bonds is 4. The van der Waals surface area contributed by atoms with Crippen molar-refractivity contribution in [2.24, 2.45) is 0 Å². The zero-order valence-electron chi connectivity index (χ0n) is 8.74. The summed E-state index contributed by atoms with van der Waals surface area (Å²) in [5.41, 5.74) is 0.735. The molecule has 0 aliphatic rings. The number of anilines is 1. The Kier molecular flexibility index (Phi) is 3.64. The molecule has 0 spiro atoms. The van der Waals surface area contributed by atoms with Gasteiger partial charge in [0.1, 0.15) is 0 Å². The number of nitrogens with one attached hydrogen (secondary N) is 2. The first-order valence-corrected chi connectivity index (χ1v) is 4.68. The molecule has 0 saturated heterocycles. The van der Waals surface area contributed by atoms with Crippen molar-refractivity contribution in [3.05, 3.63) is 12.4 Å². The Morgan fingerprint density at radius 2 is 2.43 bits per heavy atom. The van der Waals surface area contributed by atoms with Crippen molar-refractivity contribution in [1.82, 2.24) is 15.1 Å². The van der Waals surface area contributed by atoms with Crippen molar-refractivity contribution in [1.29, 1.82) is 0 Å². The van der Waals surface area contributed by atoms with Crippen LogP contribution in [-0.2, 0) is 11.3 Å². The van der Waals surface area contributed by atoms with E-state index in [9.17, 15) is 4.79 Å². The van der Waals surface area contributed by atoms with Crippen molar-refractivity contribution in [2.75, 3.05) is 12.4 Å². The van der Waals surface area contributed by atoms with Crippen LogP contribution in [0, 0.1) is 0 Å². The Labute approximate surface area is 83.5 Å². The second-order valence-electron chi connectivity index (χ2n) is 3.08. The molecule has 0 aromatic carbocycles.